The van der Waals surface area contributed by atoms with Gasteiger partial charge in [0.1, 0.15) is 18.2 Å². The van der Waals surface area contributed by atoms with Crippen LogP contribution in [0.1, 0.15) is 27.3 Å². The molecule has 1 amide bonds. The van der Waals surface area contributed by atoms with E-state index in [-0.39, 0.29) is 11.5 Å². The normalized spacial score (nSPS) is 13.9. The predicted octanol–water partition coefficient (Wildman–Crippen LogP) is 5.00. The van der Waals surface area contributed by atoms with E-state index in [0.29, 0.717) is 32.0 Å². The number of nitrogens with one attached hydrogen (secondary N) is 2. The van der Waals surface area contributed by atoms with Crippen LogP contribution in [0.4, 0.5) is 13.2 Å². The largest absolute Gasteiger partial charge is 0.491 e. The van der Waals surface area contributed by atoms with E-state index < -0.39 is 11.7 Å². The van der Waals surface area contributed by atoms with Crippen molar-refractivity contribution in [3.05, 3.63) is 83.2 Å². The first-order chi connectivity index (χ1) is 16.8. The number of hydrogen-bond acceptors (Lipinski definition) is 4. The monoisotopic (exact) mass is 480 g/mol. The molecule has 2 heterocycles. The lowest BCUT2D eigenvalue weighted by Crippen LogP contribution is -2.32. The number of H-pyrrole nitrogens is 1. The smallest absolute Gasteiger partial charge is 0.416 e. The molecule has 4 aromatic rings. The number of rotatable bonds is 4. The van der Waals surface area contributed by atoms with Crippen LogP contribution in [0.25, 0.3) is 22.2 Å². The Hall–Kier alpha value is -3.85. The van der Waals surface area contributed by atoms with Crippen LogP contribution in [-0.4, -0.2) is 41.0 Å². The van der Waals surface area contributed by atoms with Crippen LogP contribution in [0.2, 0.25) is 0 Å². The molecule has 1 aromatic heterocycles. The second-order valence-electron chi connectivity index (χ2n) is 8.42. The Balaban J connectivity index is 1.40. The average molecular weight is 480 g/mol. The van der Waals surface area contributed by atoms with Gasteiger partial charge in [0.2, 0.25) is 0 Å². The van der Waals surface area contributed by atoms with E-state index in [0.717, 1.165) is 45.7 Å². The van der Waals surface area contributed by atoms with E-state index in [1.807, 2.05) is 43.4 Å². The lowest BCUT2D eigenvalue weighted by molar-refractivity contribution is -0.137. The summed E-state index contributed by atoms with van der Waals surface area (Å²) >= 11 is 0. The lowest BCUT2D eigenvalue weighted by Gasteiger charge is -2.20. The van der Waals surface area contributed by atoms with Crippen LogP contribution < -0.4 is 10.1 Å². The summed E-state index contributed by atoms with van der Waals surface area (Å²) < 4.78 is 44.5. The molecule has 3 aromatic carbocycles. The molecule has 0 fully saturated rings. The van der Waals surface area contributed by atoms with Gasteiger partial charge in [-0.15, -0.1) is 0 Å². The highest BCUT2D eigenvalue weighted by Crippen LogP contribution is 2.32. The number of aromatic nitrogens is 2. The van der Waals surface area contributed by atoms with E-state index in [9.17, 15) is 18.0 Å². The van der Waals surface area contributed by atoms with E-state index in [1.54, 1.807) is 4.90 Å². The number of amides is 1. The number of ether oxygens (including phenoxy) is 1. The molecule has 0 aliphatic carbocycles. The number of fused-ring (bicyclic) bond motifs is 2. The molecule has 0 saturated heterocycles. The number of carbonyl (C=O) groups is 1. The molecular weight excluding hydrogens is 457 g/mol. The molecule has 0 saturated carbocycles. The lowest BCUT2D eigenvalue weighted by atomic mass is 10.0. The third-order valence-electron chi connectivity index (χ3n) is 6.00. The molecular formula is C26H23F3N4O2. The highest BCUT2D eigenvalue weighted by atomic mass is 19.4. The van der Waals surface area contributed by atoms with E-state index in [1.165, 1.54) is 12.1 Å². The zero-order valence-corrected chi connectivity index (χ0v) is 18.9. The van der Waals surface area contributed by atoms with E-state index in [4.69, 9.17) is 4.74 Å². The SMILES string of the molecule is CNCc1nc2ccc(-c3ccc4c(c3)CN(C(=O)c3ccc(C(F)(F)F)cc3)CCO4)cc2[nH]1. The van der Waals surface area contributed by atoms with Gasteiger partial charge in [-0.3, -0.25) is 4.79 Å². The highest BCUT2D eigenvalue weighted by molar-refractivity contribution is 5.94. The minimum atomic E-state index is -4.44. The first kappa shape index (κ1) is 22.9. The number of benzene rings is 3. The van der Waals surface area contributed by atoms with Crippen molar-refractivity contribution in [1.29, 1.82) is 0 Å². The zero-order chi connectivity index (χ0) is 24.6. The van der Waals surface area contributed by atoms with Gasteiger partial charge in [0.05, 0.1) is 29.7 Å². The van der Waals surface area contributed by atoms with Crippen molar-refractivity contribution in [2.24, 2.45) is 0 Å². The number of imidazole rings is 1. The number of alkyl halides is 3. The summed E-state index contributed by atoms with van der Waals surface area (Å²) in [5.41, 5.74) is 4.02. The fourth-order valence-corrected chi connectivity index (χ4v) is 4.22. The summed E-state index contributed by atoms with van der Waals surface area (Å²) in [5.74, 6) is 1.21. The molecule has 1 aliphatic rings. The van der Waals surface area contributed by atoms with Gasteiger partial charge in [-0.05, 0) is 66.7 Å². The first-order valence-corrected chi connectivity index (χ1v) is 11.2. The molecule has 35 heavy (non-hydrogen) atoms. The number of nitrogens with zero attached hydrogens (tertiary/aromatic N) is 2. The Bertz CT molecular complexity index is 1380. The van der Waals surface area contributed by atoms with Crippen LogP contribution in [-0.2, 0) is 19.3 Å². The summed E-state index contributed by atoms with van der Waals surface area (Å²) in [6, 6.07) is 16.1. The summed E-state index contributed by atoms with van der Waals surface area (Å²) in [6.45, 7) is 1.57. The first-order valence-electron chi connectivity index (χ1n) is 11.2. The molecule has 1 aliphatic heterocycles. The second kappa shape index (κ2) is 9.07. The molecule has 0 bridgehead atoms. The molecule has 180 valence electrons. The minimum absolute atomic E-state index is 0.208. The van der Waals surface area contributed by atoms with Crippen LogP contribution in [0, 0.1) is 0 Å². The van der Waals surface area contributed by atoms with Crippen molar-refractivity contribution in [1.82, 2.24) is 20.2 Å². The minimum Gasteiger partial charge on any atom is -0.491 e. The van der Waals surface area contributed by atoms with Gasteiger partial charge in [0.25, 0.3) is 5.91 Å². The fraction of sp³-hybridized carbons (Fsp3) is 0.231. The molecule has 0 unspecified atom stereocenters. The van der Waals surface area contributed by atoms with Crippen LogP contribution in [0.5, 0.6) is 5.75 Å². The van der Waals surface area contributed by atoms with Gasteiger partial charge in [-0.2, -0.15) is 13.2 Å². The van der Waals surface area contributed by atoms with Crippen LogP contribution in [0.15, 0.2) is 60.7 Å². The summed E-state index contributed by atoms with van der Waals surface area (Å²) in [5, 5.41) is 3.08. The summed E-state index contributed by atoms with van der Waals surface area (Å²) in [4.78, 5) is 22.5. The Morgan fingerprint density at radius 3 is 2.57 bits per heavy atom. The van der Waals surface area contributed by atoms with Crippen LogP contribution in [0.3, 0.4) is 0 Å². The maximum absolute atomic E-state index is 13.1. The van der Waals surface area contributed by atoms with Crippen molar-refractivity contribution in [2.75, 3.05) is 20.2 Å². The fourth-order valence-electron chi connectivity index (χ4n) is 4.22. The van der Waals surface area contributed by atoms with Crippen molar-refractivity contribution < 1.29 is 22.7 Å². The molecule has 2 N–H and O–H groups in total. The Morgan fingerprint density at radius 1 is 1.09 bits per heavy atom. The number of aromatic amines is 1. The molecule has 5 rings (SSSR count). The Morgan fingerprint density at radius 2 is 1.83 bits per heavy atom. The van der Waals surface area contributed by atoms with E-state index >= 15 is 0 Å². The quantitative estimate of drug-likeness (QED) is 0.431. The third kappa shape index (κ3) is 4.72. The van der Waals surface area contributed by atoms with Gasteiger partial charge in [-0.25, -0.2) is 4.98 Å². The summed E-state index contributed by atoms with van der Waals surface area (Å²) in [7, 11) is 1.86. The maximum Gasteiger partial charge on any atom is 0.416 e. The summed E-state index contributed by atoms with van der Waals surface area (Å²) in [6.07, 6.45) is -4.44. The maximum atomic E-state index is 13.1. The number of hydrogen-bond donors (Lipinski definition) is 2. The van der Waals surface area contributed by atoms with Crippen molar-refractivity contribution >= 4 is 16.9 Å². The van der Waals surface area contributed by atoms with E-state index in [2.05, 4.69) is 15.3 Å². The molecule has 6 nitrogen and oxygen atoms in total. The van der Waals surface area contributed by atoms with Crippen LogP contribution >= 0.6 is 0 Å². The second-order valence-corrected chi connectivity index (χ2v) is 8.42. The molecule has 0 radical (unpaired) electrons. The zero-order valence-electron chi connectivity index (χ0n) is 18.9. The average Bonchev–Trinajstić information content (AvgIpc) is 3.12. The van der Waals surface area contributed by atoms with Crippen molar-refractivity contribution in [3.63, 3.8) is 0 Å². The number of halogens is 3. The van der Waals surface area contributed by atoms with Crippen molar-refractivity contribution in [2.45, 2.75) is 19.3 Å². The number of carbonyl (C=O) groups excluding carboxylic acids is 1. The molecule has 0 atom stereocenters. The van der Waals surface area contributed by atoms with Gasteiger partial charge in [0, 0.05) is 17.7 Å². The van der Waals surface area contributed by atoms with Gasteiger partial charge >= 0.3 is 6.18 Å². The van der Waals surface area contributed by atoms with Gasteiger partial charge < -0.3 is 19.9 Å². The standard InChI is InChI=1S/C26H23F3N4O2/c1-30-14-24-31-21-8-4-18(13-22(21)32-24)17-5-9-23-19(12-17)15-33(10-11-35-23)25(34)16-2-6-20(7-3-16)26(27,28)29/h2-9,12-13,30H,10-11,14-15H2,1H3,(H,31,32). The topological polar surface area (TPSA) is 70.2 Å². The van der Waals surface area contributed by atoms with Crippen molar-refractivity contribution in [3.8, 4) is 16.9 Å². The van der Waals surface area contributed by atoms with Gasteiger partial charge in [0.15, 0.2) is 0 Å². The highest BCUT2D eigenvalue weighted by Gasteiger charge is 2.30. The third-order valence-corrected chi connectivity index (χ3v) is 6.00. The predicted molar refractivity (Wildman–Crippen MR) is 126 cm³/mol. The Labute approximate surface area is 199 Å². The molecule has 0 spiro atoms. The van der Waals surface area contributed by atoms with Gasteiger partial charge in [-0.1, -0.05) is 12.1 Å². The Kier molecular flexibility index (Phi) is 5.94. The molecule has 9 heteroatoms.